The minimum Gasteiger partial charge on any atom is -0.371 e. The molecule has 0 saturated carbocycles. The van der Waals surface area contributed by atoms with Crippen molar-refractivity contribution in [1.29, 1.82) is 0 Å². The zero-order valence-corrected chi connectivity index (χ0v) is 14.0. The lowest BCUT2D eigenvalue weighted by Crippen LogP contribution is -2.24. The number of H-pyrrole nitrogens is 1. The Morgan fingerprint density at radius 1 is 1.17 bits per heavy atom. The van der Waals surface area contributed by atoms with Crippen LogP contribution in [-0.4, -0.2) is 41.0 Å². The Morgan fingerprint density at radius 3 is 2.78 bits per heavy atom. The fourth-order valence-electron chi connectivity index (χ4n) is 3.99. The lowest BCUT2D eigenvalue weighted by Gasteiger charge is -2.24. The molecule has 1 aromatic carbocycles. The number of hydrogen-bond donors (Lipinski definition) is 1. The van der Waals surface area contributed by atoms with Crippen molar-refractivity contribution >= 4 is 5.69 Å². The van der Waals surface area contributed by atoms with E-state index in [0.717, 1.165) is 24.6 Å². The third-order valence-corrected chi connectivity index (χ3v) is 5.21. The molecule has 4 rings (SSSR count). The van der Waals surface area contributed by atoms with E-state index in [0.29, 0.717) is 5.92 Å². The van der Waals surface area contributed by atoms with Gasteiger partial charge in [0.15, 0.2) is 0 Å². The van der Waals surface area contributed by atoms with Crippen LogP contribution in [0.1, 0.15) is 42.3 Å². The summed E-state index contributed by atoms with van der Waals surface area (Å²) in [7, 11) is 0. The quantitative estimate of drug-likeness (QED) is 0.941. The van der Waals surface area contributed by atoms with E-state index in [9.17, 15) is 0 Å². The normalized spacial score (nSPS) is 22.1. The second-order valence-corrected chi connectivity index (χ2v) is 7.00. The SMILES string of the molecule is Cc1cnc([C@H]2CCN(Cc3ccccc3N3CCCC3)C2)[nH]1. The number of imidazole rings is 1. The van der Waals surface area contributed by atoms with Crippen LogP contribution in [0.4, 0.5) is 5.69 Å². The first-order chi connectivity index (χ1) is 11.3. The molecule has 23 heavy (non-hydrogen) atoms. The van der Waals surface area contributed by atoms with Crippen molar-refractivity contribution in [2.24, 2.45) is 0 Å². The number of nitrogens with zero attached hydrogens (tertiary/aromatic N) is 3. The van der Waals surface area contributed by atoms with Crippen molar-refractivity contribution < 1.29 is 0 Å². The molecule has 2 aromatic rings. The van der Waals surface area contributed by atoms with Crippen molar-refractivity contribution in [2.45, 2.75) is 38.6 Å². The summed E-state index contributed by atoms with van der Waals surface area (Å²) >= 11 is 0. The van der Waals surface area contributed by atoms with Crippen LogP contribution in [0.3, 0.4) is 0 Å². The van der Waals surface area contributed by atoms with Crippen molar-refractivity contribution in [3.63, 3.8) is 0 Å². The van der Waals surface area contributed by atoms with Gasteiger partial charge in [-0.05, 0) is 44.4 Å². The summed E-state index contributed by atoms with van der Waals surface area (Å²) in [5.74, 6) is 1.72. The molecule has 2 saturated heterocycles. The Kier molecular flexibility index (Phi) is 4.08. The molecule has 1 atom stereocenters. The molecule has 2 aliphatic rings. The van der Waals surface area contributed by atoms with Gasteiger partial charge in [-0.15, -0.1) is 0 Å². The Morgan fingerprint density at radius 2 is 2.00 bits per heavy atom. The zero-order chi connectivity index (χ0) is 15.6. The molecular weight excluding hydrogens is 284 g/mol. The summed E-state index contributed by atoms with van der Waals surface area (Å²) in [6, 6.07) is 8.95. The molecule has 122 valence electrons. The number of anilines is 1. The fourth-order valence-corrected chi connectivity index (χ4v) is 3.99. The fraction of sp³-hybridized carbons (Fsp3) is 0.526. The smallest absolute Gasteiger partial charge is 0.110 e. The molecule has 0 spiro atoms. The van der Waals surface area contributed by atoms with Crippen LogP contribution in [0.15, 0.2) is 30.5 Å². The van der Waals surface area contributed by atoms with Crippen LogP contribution >= 0.6 is 0 Å². The maximum absolute atomic E-state index is 4.53. The van der Waals surface area contributed by atoms with Crippen LogP contribution in [-0.2, 0) is 6.54 Å². The van der Waals surface area contributed by atoms with Gasteiger partial charge in [-0.2, -0.15) is 0 Å². The number of rotatable bonds is 4. The third kappa shape index (κ3) is 3.13. The highest BCUT2D eigenvalue weighted by molar-refractivity contribution is 5.54. The van der Waals surface area contributed by atoms with E-state index < -0.39 is 0 Å². The monoisotopic (exact) mass is 310 g/mol. The predicted molar refractivity (Wildman–Crippen MR) is 93.8 cm³/mol. The molecule has 0 unspecified atom stereocenters. The molecular formula is C19H26N4. The Hall–Kier alpha value is -1.81. The molecule has 1 aromatic heterocycles. The van der Waals surface area contributed by atoms with E-state index in [1.165, 1.54) is 50.1 Å². The van der Waals surface area contributed by atoms with Gasteiger partial charge in [-0.25, -0.2) is 4.98 Å². The molecule has 4 nitrogen and oxygen atoms in total. The molecule has 0 amide bonds. The van der Waals surface area contributed by atoms with E-state index in [2.05, 4.69) is 51.0 Å². The number of benzene rings is 1. The lowest BCUT2D eigenvalue weighted by atomic mass is 10.1. The van der Waals surface area contributed by atoms with Gasteiger partial charge in [0.25, 0.3) is 0 Å². The average molecular weight is 310 g/mol. The van der Waals surface area contributed by atoms with E-state index in [4.69, 9.17) is 0 Å². The maximum Gasteiger partial charge on any atom is 0.110 e. The number of likely N-dealkylation sites (tertiary alicyclic amines) is 1. The van der Waals surface area contributed by atoms with Gasteiger partial charge in [-0.1, -0.05) is 18.2 Å². The summed E-state index contributed by atoms with van der Waals surface area (Å²) in [5.41, 5.74) is 4.09. The van der Waals surface area contributed by atoms with Crippen LogP contribution in [0, 0.1) is 6.92 Å². The van der Waals surface area contributed by atoms with Gasteiger partial charge in [0.05, 0.1) is 0 Å². The standard InChI is InChI=1S/C19H26N4/c1-15-12-20-19(21-15)17-8-11-22(14-17)13-16-6-2-3-7-18(16)23-9-4-5-10-23/h2-3,6-7,12,17H,4-5,8-11,13-14H2,1H3,(H,20,21)/t17-/m0/s1. The molecule has 3 heterocycles. The van der Waals surface area contributed by atoms with Gasteiger partial charge in [0.2, 0.25) is 0 Å². The number of nitrogens with one attached hydrogen (secondary N) is 1. The van der Waals surface area contributed by atoms with Gasteiger partial charge >= 0.3 is 0 Å². The summed E-state index contributed by atoms with van der Waals surface area (Å²) in [6.45, 7) is 7.84. The van der Waals surface area contributed by atoms with Gasteiger partial charge in [-0.3, -0.25) is 4.90 Å². The van der Waals surface area contributed by atoms with E-state index in [-0.39, 0.29) is 0 Å². The lowest BCUT2D eigenvalue weighted by molar-refractivity contribution is 0.326. The van der Waals surface area contributed by atoms with Crippen molar-refractivity contribution in [1.82, 2.24) is 14.9 Å². The molecule has 1 N–H and O–H groups in total. The van der Waals surface area contributed by atoms with Gasteiger partial charge in [0, 0.05) is 49.7 Å². The van der Waals surface area contributed by atoms with E-state index in [1.807, 2.05) is 6.20 Å². The van der Waals surface area contributed by atoms with Crippen molar-refractivity contribution in [3.8, 4) is 0 Å². The summed E-state index contributed by atoms with van der Waals surface area (Å²) in [5, 5.41) is 0. The first kappa shape index (κ1) is 14.8. The number of aromatic amines is 1. The minimum atomic E-state index is 0.558. The Balaban J connectivity index is 1.45. The van der Waals surface area contributed by atoms with Crippen molar-refractivity contribution in [3.05, 3.63) is 47.5 Å². The predicted octanol–water partition coefficient (Wildman–Crippen LogP) is 3.31. The van der Waals surface area contributed by atoms with Gasteiger partial charge < -0.3 is 9.88 Å². The van der Waals surface area contributed by atoms with Crippen LogP contribution < -0.4 is 4.90 Å². The second-order valence-electron chi connectivity index (χ2n) is 7.00. The van der Waals surface area contributed by atoms with Crippen LogP contribution in [0.2, 0.25) is 0 Å². The summed E-state index contributed by atoms with van der Waals surface area (Å²) in [6.07, 6.45) is 5.81. The number of aromatic nitrogens is 2. The molecule has 0 bridgehead atoms. The topological polar surface area (TPSA) is 35.2 Å². The van der Waals surface area contributed by atoms with E-state index in [1.54, 1.807) is 0 Å². The minimum absolute atomic E-state index is 0.558. The zero-order valence-electron chi connectivity index (χ0n) is 14.0. The molecule has 2 aliphatic heterocycles. The first-order valence-corrected chi connectivity index (χ1v) is 8.86. The largest absolute Gasteiger partial charge is 0.371 e. The molecule has 0 aliphatic carbocycles. The number of hydrogen-bond acceptors (Lipinski definition) is 3. The van der Waals surface area contributed by atoms with Gasteiger partial charge in [0.1, 0.15) is 5.82 Å². The molecule has 0 radical (unpaired) electrons. The summed E-state index contributed by atoms with van der Waals surface area (Å²) in [4.78, 5) is 13.1. The van der Waals surface area contributed by atoms with Crippen LogP contribution in [0.5, 0.6) is 0 Å². The number of para-hydroxylation sites is 1. The highest BCUT2D eigenvalue weighted by atomic mass is 15.2. The Bertz CT molecular complexity index is 657. The highest BCUT2D eigenvalue weighted by Crippen LogP contribution is 2.30. The van der Waals surface area contributed by atoms with Crippen molar-refractivity contribution in [2.75, 3.05) is 31.1 Å². The molecule has 2 fully saturated rings. The third-order valence-electron chi connectivity index (χ3n) is 5.21. The van der Waals surface area contributed by atoms with E-state index >= 15 is 0 Å². The molecule has 4 heteroatoms. The second kappa shape index (κ2) is 6.36. The number of aryl methyl sites for hydroxylation is 1. The van der Waals surface area contributed by atoms with Crippen LogP contribution in [0.25, 0.3) is 0 Å². The first-order valence-electron chi connectivity index (χ1n) is 8.86. The average Bonchev–Trinajstić information content (AvgIpc) is 3.29. The Labute approximate surface area is 138 Å². The summed E-state index contributed by atoms with van der Waals surface area (Å²) < 4.78 is 0. The maximum atomic E-state index is 4.53. The highest BCUT2D eigenvalue weighted by Gasteiger charge is 2.26.